The number of nitrogens with one attached hydrogen (secondary N) is 1. The number of aliphatic carboxylic acids is 1. The number of fused-ring (bicyclic) bond motifs is 1. The van der Waals surface area contributed by atoms with Gasteiger partial charge in [0, 0.05) is 23.5 Å². The number of rotatable bonds is 4. The second-order valence-corrected chi connectivity index (χ2v) is 4.29. The number of para-hydroxylation sites is 1. The third-order valence-electron chi connectivity index (χ3n) is 2.83. The lowest BCUT2D eigenvalue weighted by atomic mass is 10.1. The number of benzene rings is 1. The first-order chi connectivity index (χ1) is 9.99. The number of carbonyl (C=O) groups excluding carboxylic acids is 1. The van der Waals surface area contributed by atoms with Crippen molar-refractivity contribution < 1.29 is 19.4 Å². The molecule has 0 saturated heterocycles. The highest BCUT2D eigenvalue weighted by Gasteiger charge is 2.14. The Labute approximate surface area is 121 Å². The number of H-pyrrole nitrogens is 1. The van der Waals surface area contributed by atoms with Crippen molar-refractivity contribution in [3.05, 3.63) is 36.0 Å². The molecule has 7 heteroatoms. The Balaban J connectivity index is 0.000000315. The van der Waals surface area contributed by atoms with Gasteiger partial charge in [-0.05, 0) is 11.6 Å². The highest BCUT2D eigenvalue weighted by Crippen LogP contribution is 2.18. The number of nitrogens with two attached hydrogens (primary N) is 2. The molecule has 2 rings (SSSR count). The summed E-state index contributed by atoms with van der Waals surface area (Å²) in [5.41, 5.74) is 12.2. The smallest absolute Gasteiger partial charge is 0.320 e. The number of carboxylic acid groups (broad SMARTS) is 1. The number of methoxy groups -OCH3 is 1. The summed E-state index contributed by atoms with van der Waals surface area (Å²) in [4.78, 5) is 23.5. The van der Waals surface area contributed by atoms with Crippen LogP contribution in [0.5, 0.6) is 0 Å². The molecule has 0 aliphatic heterocycles. The van der Waals surface area contributed by atoms with Crippen LogP contribution in [0.4, 0.5) is 0 Å². The molecular formula is C14H19N3O4. The lowest BCUT2D eigenvalue weighted by molar-refractivity contribution is -0.139. The maximum absolute atomic E-state index is 10.6. The first kappa shape index (κ1) is 16.7. The molecule has 114 valence electrons. The number of esters is 1. The first-order valence-corrected chi connectivity index (χ1v) is 6.29. The quantitative estimate of drug-likeness (QED) is 0.597. The van der Waals surface area contributed by atoms with E-state index in [9.17, 15) is 9.59 Å². The third-order valence-corrected chi connectivity index (χ3v) is 2.83. The number of aromatic nitrogens is 1. The Hall–Kier alpha value is -2.38. The summed E-state index contributed by atoms with van der Waals surface area (Å²) in [6.45, 7) is -0.0312. The van der Waals surface area contributed by atoms with E-state index in [1.807, 2.05) is 30.5 Å². The molecular weight excluding hydrogens is 274 g/mol. The number of ether oxygens (including phenoxy) is 1. The predicted octanol–water partition coefficient (Wildman–Crippen LogP) is 0.240. The number of hydrogen-bond acceptors (Lipinski definition) is 5. The van der Waals surface area contributed by atoms with E-state index >= 15 is 0 Å². The topological polar surface area (TPSA) is 131 Å². The van der Waals surface area contributed by atoms with E-state index in [4.69, 9.17) is 16.6 Å². The van der Waals surface area contributed by atoms with Crippen molar-refractivity contribution in [1.29, 1.82) is 0 Å². The van der Waals surface area contributed by atoms with Gasteiger partial charge in [0.25, 0.3) is 0 Å². The maximum atomic E-state index is 10.6. The second kappa shape index (κ2) is 8.03. The zero-order valence-electron chi connectivity index (χ0n) is 11.7. The molecule has 2 aromatic rings. The van der Waals surface area contributed by atoms with Crippen LogP contribution in [0.1, 0.15) is 5.56 Å². The molecule has 1 aromatic carbocycles. The number of carboxylic acids is 1. The van der Waals surface area contributed by atoms with Crippen LogP contribution < -0.4 is 11.5 Å². The van der Waals surface area contributed by atoms with Gasteiger partial charge < -0.3 is 26.3 Å². The van der Waals surface area contributed by atoms with Gasteiger partial charge in [0.15, 0.2) is 0 Å². The fourth-order valence-corrected chi connectivity index (χ4v) is 1.71. The summed E-state index contributed by atoms with van der Waals surface area (Å²) < 4.78 is 4.14. The van der Waals surface area contributed by atoms with Crippen molar-refractivity contribution in [3.63, 3.8) is 0 Å². The van der Waals surface area contributed by atoms with Crippen LogP contribution in [0.15, 0.2) is 30.5 Å². The molecule has 0 aliphatic carbocycles. The fraction of sp³-hybridized carbons (Fsp3) is 0.286. The van der Waals surface area contributed by atoms with Gasteiger partial charge in [-0.2, -0.15) is 0 Å². The molecule has 0 aliphatic rings. The standard InChI is InChI=1S/C11H12N2O2.C3H7NO2/c12-9(11(14)15)5-7-6-13-10-4-2-1-3-8(7)10;1-6-3(5)2-4/h1-4,6,9,13H,5,12H2,(H,14,15);2,4H2,1H3/t9-;/m0./s1. The van der Waals surface area contributed by atoms with Crippen LogP contribution >= 0.6 is 0 Å². The fourth-order valence-electron chi connectivity index (χ4n) is 1.71. The largest absolute Gasteiger partial charge is 0.480 e. The lowest BCUT2D eigenvalue weighted by Crippen LogP contribution is -2.32. The van der Waals surface area contributed by atoms with Gasteiger partial charge in [0.1, 0.15) is 6.04 Å². The van der Waals surface area contributed by atoms with E-state index in [0.717, 1.165) is 16.5 Å². The van der Waals surface area contributed by atoms with Gasteiger partial charge in [0.2, 0.25) is 0 Å². The number of carbonyl (C=O) groups is 2. The summed E-state index contributed by atoms with van der Waals surface area (Å²) >= 11 is 0. The van der Waals surface area contributed by atoms with Crippen molar-refractivity contribution in [1.82, 2.24) is 4.98 Å². The van der Waals surface area contributed by atoms with Crippen molar-refractivity contribution in [2.24, 2.45) is 11.5 Å². The molecule has 0 saturated carbocycles. The monoisotopic (exact) mass is 293 g/mol. The lowest BCUT2D eigenvalue weighted by Gasteiger charge is -2.04. The molecule has 7 nitrogen and oxygen atoms in total. The Morgan fingerprint density at radius 3 is 2.57 bits per heavy atom. The van der Waals surface area contributed by atoms with Crippen molar-refractivity contribution in [2.75, 3.05) is 13.7 Å². The molecule has 1 atom stereocenters. The van der Waals surface area contributed by atoms with Crippen LogP contribution in [0.3, 0.4) is 0 Å². The summed E-state index contributed by atoms with van der Waals surface area (Å²) in [7, 11) is 1.30. The van der Waals surface area contributed by atoms with E-state index in [1.165, 1.54) is 7.11 Å². The molecule has 0 fully saturated rings. The molecule has 0 unspecified atom stereocenters. The van der Waals surface area contributed by atoms with Crippen LogP contribution in [0.2, 0.25) is 0 Å². The minimum Gasteiger partial charge on any atom is -0.480 e. The molecule has 1 aromatic heterocycles. The van der Waals surface area contributed by atoms with Gasteiger partial charge in [-0.1, -0.05) is 18.2 Å². The number of hydrogen-bond donors (Lipinski definition) is 4. The molecule has 0 amide bonds. The Morgan fingerprint density at radius 1 is 1.38 bits per heavy atom. The summed E-state index contributed by atoms with van der Waals surface area (Å²) in [6, 6.07) is 6.91. The minimum absolute atomic E-state index is 0.0312. The molecule has 0 radical (unpaired) electrons. The molecule has 6 N–H and O–H groups in total. The molecule has 0 bridgehead atoms. The van der Waals surface area contributed by atoms with Gasteiger partial charge in [-0.25, -0.2) is 0 Å². The highest BCUT2D eigenvalue weighted by molar-refractivity contribution is 5.84. The van der Waals surface area contributed by atoms with Crippen molar-refractivity contribution in [2.45, 2.75) is 12.5 Å². The zero-order valence-corrected chi connectivity index (χ0v) is 11.7. The SMILES string of the molecule is COC(=O)CN.N[C@@H](Cc1c[nH]c2ccccc12)C(=O)O. The van der Waals surface area contributed by atoms with Crippen LogP contribution in [-0.4, -0.2) is 41.7 Å². The second-order valence-electron chi connectivity index (χ2n) is 4.29. The van der Waals surface area contributed by atoms with Gasteiger partial charge in [0.05, 0.1) is 13.7 Å². The van der Waals surface area contributed by atoms with Crippen LogP contribution in [0, 0.1) is 0 Å². The summed E-state index contributed by atoms with van der Waals surface area (Å²) in [5, 5.41) is 9.75. The highest BCUT2D eigenvalue weighted by atomic mass is 16.5. The normalized spacial score (nSPS) is 11.4. The zero-order chi connectivity index (χ0) is 15.8. The Morgan fingerprint density at radius 2 is 2.05 bits per heavy atom. The average Bonchev–Trinajstić information content (AvgIpc) is 2.90. The number of aromatic amines is 1. The van der Waals surface area contributed by atoms with Gasteiger partial charge >= 0.3 is 11.9 Å². The van der Waals surface area contributed by atoms with Crippen LogP contribution in [0.25, 0.3) is 10.9 Å². The van der Waals surface area contributed by atoms with Crippen molar-refractivity contribution in [3.8, 4) is 0 Å². The van der Waals surface area contributed by atoms with Crippen molar-refractivity contribution >= 4 is 22.8 Å². The third kappa shape index (κ3) is 4.90. The van der Waals surface area contributed by atoms with Crippen LogP contribution in [-0.2, 0) is 20.7 Å². The van der Waals surface area contributed by atoms with Gasteiger partial charge in [-0.3, -0.25) is 9.59 Å². The molecule has 21 heavy (non-hydrogen) atoms. The first-order valence-electron chi connectivity index (χ1n) is 6.29. The average molecular weight is 293 g/mol. The summed E-state index contributed by atoms with van der Waals surface area (Å²) in [5.74, 6) is -1.35. The summed E-state index contributed by atoms with van der Waals surface area (Å²) in [6.07, 6.45) is 2.16. The minimum atomic E-state index is -0.972. The molecule has 0 spiro atoms. The maximum Gasteiger partial charge on any atom is 0.320 e. The van der Waals surface area contributed by atoms with E-state index in [0.29, 0.717) is 6.42 Å². The van der Waals surface area contributed by atoms with Gasteiger partial charge in [-0.15, -0.1) is 0 Å². The Kier molecular flexibility index (Phi) is 6.38. The van der Waals surface area contributed by atoms with E-state index < -0.39 is 12.0 Å². The Bertz CT molecular complexity index is 603. The van der Waals surface area contributed by atoms with E-state index in [-0.39, 0.29) is 12.5 Å². The van der Waals surface area contributed by atoms with E-state index in [2.05, 4.69) is 9.72 Å². The molecule has 1 heterocycles. The predicted molar refractivity (Wildman–Crippen MR) is 78.7 cm³/mol. The van der Waals surface area contributed by atoms with E-state index in [1.54, 1.807) is 0 Å².